The third-order valence-corrected chi connectivity index (χ3v) is 6.72. The molecular formula is C25H20Cl2N6O4S. The van der Waals surface area contributed by atoms with E-state index in [1.807, 2.05) is 41.8 Å². The Balaban J connectivity index is 1.50. The largest absolute Gasteiger partial charge is 0.482 e. The first-order chi connectivity index (χ1) is 18.4. The van der Waals surface area contributed by atoms with E-state index in [9.17, 15) is 14.9 Å². The maximum Gasteiger partial charge on any atom is 0.277 e. The number of nitrogens with one attached hydrogen (secondary N) is 1. The molecule has 0 saturated carbocycles. The van der Waals surface area contributed by atoms with Gasteiger partial charge in [0.15, 0.2) is 17.6 Å². The molecule has 1 amide bonds. The normalized spacial score (nSPS) is 11.0. The standard InChI is InChI=1S/C25H20Cl2N6O4S/c1-2-32-24(16-6-4-3-5-7-16)30-31-25(32)38-22-11-9-19(33(35)36)12-17(22)14-28-29-23(34)15-37-21-10-8-18(26)13-20(21)27/h3-14H,2,15H2,1H3,(H,29,34)/b28-14-. The van der Waals surface area contributed by atoms with E-state index < -0.39 is 10.8 Å². The fourth-order valence-electron chi connectivity index (χ4n) is 3.33. The van der Waals surface area contributed by atoms with Crippen molar-refractivity contribution in [1.82, 2.24) is 20.2 Å². The Hall–Kier alpha value is -3.93. The van der Waals surface area contributed by atoms with E-state index in [2.05, 4.69) is 20.7 Å². The van der Waals surface area contributed by atoms with Crippen molar-refractivity contribution in [2.24, 2.45) is 5.10 Å². The molecule has 0 fully saturated rings. The second kappa shape index (κ2) is 12.5. The number of halogens is 2. The first-order valence-corrected chi connectivity index (χ1v) is 12.8. The lowest BCUT2D eigenvalue weighted by Crippen LogP contribution is -2.24. The van der Waals surface area contributed by atoms with Gasteiger partial charge >= 0.3 is 0 Å². The van der Waals surface area contributed by atoms with Crippen molar-refractivity contribution in [3.8, 4) is 17.1 Å². The highest BCUT2D eigenvalue weighted by Gasteiger charge is 2.17. The van der Waals surface area contributed by atoms with Gasteiger partial charge in [0.05, 0.1) is 16.2 Å². The average Bonchev–Trinajstić information content (AvgIpc) is 3.32. The van der Waals surface area contributed by atoms with Crippen LogP contribution < -0.4 is 10.2 Å². The van der Waals surface area contributed by atoms with Gasteiger partial charge in [0.2, 0.25) is 0 Å². The Bertz CT molecular complexity index is 1500. The molecule has 1 aromatic heterocycles. The minimum absolute atomic E-state index is 0.121. The molecule has 13 heteroatoms. The predicted molar refractivity (Wildman–Crippen MR) is 146 cm³/mol. The SMILES string of the molecule is CCn1c(Sc2ccc([N+](=O)[O-])cc2/C=N\NC(=O)COc2ccc(Cl)cc2Cl)nnc1-c1ccccc1. The number of nitro groups is 1. The van der Waals surface area contributed by atoms with E-state index in [4.69, 9.17) is 27.9 Å². The van der Waals surface area contributed by atoms with Crippen molar-refractivity contribution >= 4 is 52.8 Å². The Labute approximate surface area is 231 Å². The summed E-state index contributed by atoms with van der Waals surface area (Å²) in [6, 6.07) is 18.7. The average molecular weight is 571 g/mol. The second-order valence-electron chi connectivity index (χ2n) is 7.65. The molecule has 0 aliphatic heterocycles. The van der Waals surface area contributed by atoms with Crippen LogP contribution in [0, 0.1) is 10.1 Å². The van der Waals surface area contributed by atoms with Crippen LogP contribution in [0.1, 0.15) is 12.5 Å². The fourth-order valence-corrected chi connectivity index (χ4v) is 4.77. The van der Waals surface area contributed by atoms with Crippen LogP contribution in [0.2, 0.25) is 10.0 Å². The van der Waals surface area contributed by atoms with Gasteiger partial charge < -0.3 is 9.30 Å². The first-order valence-electron chi connectivity index (χ1n) is 11.2. The van der Waals surface area contributed by atoms with Crippen LogP contribution in [0.3, 0.4) is 0 Å². The van der Waals surface area contributed by atoms with Crippen molar-refractivity contribution in [3.05, 3.63) is 92.5 Å². The molecule has 4 aromatic rings. The van der Waals surface area contributed by atoms with Gasteiger partial charge in [-0.25, -0.2) is 5.43 Å². The van der Waals surface area contributed by atoms with Crippen LogP contribution in [-0.2, 0) is 11.3 Å². The summed E-state index contributed by atoms with van der Waals surface area (Å²) in [6.45, 7) is 2.24. The van der Waals surface area contributed by atoms with E-state index >= 15 is 0 Å². The molecule has 10 nitrogen and oxygen atoms in total. The summed E-state index contributed by atoms with van der Waals surface area (Å²) < 4.78 is 7.33. The summed E-state index contributed by atoms with van der Waals surface area (Å²) in [5, 5.41) is 25.3. The number of ether oxygens (including phenoxy) is 1. The summed E-state index contributed by atoms with van der Waals surface area (Å²) >= 11 is 13.2. The van der Waals surface area contributed by atoms with E-state index in [1.165, 1.54) is 36.2 Å². The van der Waals surface area contributed by atoms with E-state index in [0.717, 1.165) is 5.56 Å². The van der Waals surface area contributed by atoms with Crippen molar-refractivity contribution in [1.29, 1.82) is 0 Å². The molecule has 0 aliphatic rings. The zero-order valence-electron chi connectivity index (χ0n) is 19.9. The number of hydrogen-bond acceptors (Lipinski definition) is 8. The zero-order valence-corrected chi connectivity index (χ0v) is 22.2. The van der Waals surface area contributed by atoms with Crippen LogP contribution in [0.15, 0.2) is 81.9 Å². The van der Waals surface area contributed by atoms with Gasteiger partial charge in [-0.3, -0.25) is 14.9 Å². The minimum Gasteiger partial charge on any atom is -0.482 e. The number of carbonyl (C=O) groups is 1. The molecule has 38 heavy (non-hydrogen) atoms. The predicted octanol–water partition coefficient (Wildman–Crippen LogP) is 5.86. The van der Waals surface area contributed by atoms with Gasteiger partial charge in [-0.15, -0.1) is 10.2 Å². The summed E-state index contributed by atoms with van der Waals surface area (Å²) in [5.41, 5.74) is 3.56. The molecular weight excluding hydrogens is 551 g/mol. The van der Waals surface area contributed by atoms with Crippen molar-refractivity contribution in [2.45, 2.75) is 23.5 Å². The minimum atomic E-state index is -0.551. The van der Waals surface area contributed by atoms with E-state index in [-0.39, 0.29) is 17.3 Å². The van der Waals surface area contributed by atoms with Gasteiger partial charge in [0, 0.05) is 39.7 Å². The molecule has 0 bridgehead atoms. The summed E-state index contributed by atoms with van der Waals surface area (Å²) in [7, 11) is 0. The van der Waals surface area contributed by atoms with Crippen LogP contribution in [0.5, 0.6) is 5.75 Å². The van der Waals surface area contributed by atoms with Gasteiger partial charge in [0.25, 0.3) is 11.6 Å². The van der Waals surface area contributed by atoms with Gasteiger partial charge in [-0.05, 0) is 43.0 Å². The van der Waals surface area contributed by atoms with Crippen LogP contribution in [0.25, 0.3) is 11.4 Å². The molecule has 3 aromatic carbocycles. The monoisotopic (exact) mass is 570 g/mol. The van der Waals surface area contributed by atoms with Crippen molar-refractivity contribution < 1.29 is 14.5 Å². The topological polar surface area (TPSA) is 125 Å². The van der Waals surface area contributed by atoms with Crippen LogP contribution in [-0.4, -0.2) is 38.4 Å². The zero-order chi connectivity index (χ0) is 27.1. The van der Waals surface area contributed by atoms with Gasteiger partial charge in [-0.1, -0.05) is 53.5 Å². The maximum atomic E-state index is 12.2. The molecule has 0 radical (unpaired) electrons. The smallest absolute Gasteiger partial charge is 0.277 e. The van der Waals surface area contributed by atoms with Crippen LogP contribution >= 0.6 is 35.0 Å². The number of non-ortho nitro benzene ring substituents is 1. The Morgan fingerprint density at radius 3 is 2.66 bits per heavy atom. The molecule has 0 unspecified atom stereocenters. The highest BCUT2D eigenvalue weighted by Crippen LogP contribution is 2.33. The number of amides is 1. The highest BCUT2D eigenvalue weighted by molar-refractivity contribution is 7.99. The number of hydrogen-bond donors (Lipinski definition) is 1. The van der Waals surface area contributed by atoms with Gasteiger partial charge in [-0.2, -0.15) is 5.10 Å². The molecule has 0 spiro atoms. The Morgan fingerprint density at radius 1 is 1.16 bits per heavy atom. The van der Waals surface area contributed by atoms with E-state index in [1.54, 1.807) is 18.2 Å². The molecule has 0 atom stereocenters. The molecule has 1 N–H and O–H groups in total. The second-order valence-corrected chi connectivity index (χ2v) is 9.51. The maximum absolute atomic E-state index is 12.2. The Kier molecular flexibility index (Phi) is 8.95. The lowest BCUT2D eigenvalue weighted by atomic mass is 10.2. The van der Waals surface area contributed by atoms with Crippen LogP contribution in [0.4, 0.5) is 5.69 Å². The molecule has 194 valence electrons. The third-order valence-electron chi connectivity index (χ3n) is 5.12. The number of aromatic nitrogens is 3. The lowest BCUT2D eigenvalue weighted by molar-refractivity contribution is -0.384. The number of carbonyl (C=O) groups excluding carboxylic acids is 1. The first kappa shape index (κ1) is 27.1. The van der Waals surface area contributed by atoms with Gasteiger partial charge in [0.1, 0.15) is 5.75 Å². The molecule has 4 rings (SSSR count). The summed E-state index contributed by atoms with van der Waals surface area (Å²) in [4.78, 5) is 23.7. The van der Waals surface area contributed by atoms with E-state index in [0.29, 0.717) is 38.8 Å². The number of nitrogens with zero attached hydrogens (tertiary/aromatic N) is 5. The molecule has 1 heterocycles. The lowest BCUT2D eigenvalue weighted by Gasteiger charge is -2.09. The Morgan fingerprint density at radius 2 is 1.95 bits per heavy atom. The highest BCUT2D eigenvalue weighted by atomic mass is 35.5. The number of benzene rings is 3. The third kappa shape index (κ3) is 6.68. The fraction of sp³-hybridized carbons (Fsp3) is 0.120. The quantitative estimate of drug-likeness (QED) is 0.144. The molecule has 0 saturated heterocycles. The van der Waals surface area contributed by atoms with Crippen molar-refractivity contribution in [3.63, 3.8) is 0 Å². The number of rotatable bonds is 10. The van der Waals surface area contributed by atoms with Crippen molar-refractivity contribution in [2.75, 3.05) is 6.61 Å². The molecule has 0 aliphatic carbocycles. The summed E-state index contributed by atoms with van der Waals surface area (Å²) in [5.74, 6) is 0.452. The number of nitro benzene ring substituents is 1. The number of hydrazone groups is 1. The summed E-state index contributed by atoms with van der Waals surface area (Å²) in [6.07, 6.45) is 1.33.